The van der Waals surface area contributed by atoms with Crippen LogP contribution in [0.4, 0.5) is 11.8 Å². The largest absolute Gasteiger partial charge is 0.490 e. The number of carbonyl (C=O) groups excluding carboxylic acids is 1. The third-order valence-corrected chi connectivity index (χ3v) is 6.82. The third-order valence-electron chi connectivity index (χ3n) is 5.72. The molecular weight excluding hydrogens is 442 g/mol. The molecule has 1 aromatic carbocycles. The number of hydrogen-bond acceptors (Lipinski definition) is 8. The van der Waals surface area contributed by atoms with Crippen LogP contribution in [0.5, 0.6) is 11.5 Å². The summed E-state index contributed by atoms with van der Waals surface area (Å²) in [6, 6.07) is 9.62. The number of ether oxygens (including phenoxy) is 2. The molecular formula is C23H21N5O4S. The fourth-order valence-electron chi connectivity index (χ4n) is 4.08. The van der Waals surface area contributed by atoms with E-state index in [4.69, 9.17) is 9.47 Å². The summed E-state index contributed by atoms with van der Waals surface area (Å²) in [6.45, 7) is 3.49. The van der Waals surface area contributed by atoms with Gasteiger partial charge >= 0.3 is 0 Å². The summed E-state index contributed by atoms with van der Waals surface area (Å²) < 4.78 is 11.4. The Balaban J connectivity index is 1.44. The number of amides is 1. The van der Waals surface area contributed by atoms with E-state index in [0.29, 0.717) is 36.8 Å². The smallest absolute Gasteiger partial charge is 0.258 e. The van der Waals surface area contributed by atoms with E-state index in [-0.39, 0.29) is 17.3 Å². The number of rotatable bonds is 4. The van der Waals surface area contributed by atoms with Crippen molar-refractivity contribution in [1.29, 1.82) is 5.26 Å². The number of anilines is 2. The van der Waals surface area contributed by atoms with Crippen LogP contribution in [0, 0.1) is 24.2 Å². The maximum atomic E-state index is 13.1. The molecule has 4 heterocycles. The maximum Gasteiger partial charge on any atom is 0.258 e. The minimum atomic E-state index is -1.00. The summed E-state index contributed by atoms with van der Waals surface area (Å²) in [5.41, 5.74) is 1.76. The molecule has 2 unspecified atom stereocenters. The molecule has 2 atom stereocenters. The molecule has 0 saturated carbocycles. The summed E-state index contributed by atoms with van der Waals surface area (Å²) in [4.78, 5) is 33.7. The summed E-state index contributed by atoms with van der Waals surface area (Å²) in [6.07, 6.45) is 0.826. The highest BCUT2D eigenvalue weighted by Gasteiger charge is 2.41. The van der Waals surface area contributed by atoms with Crippen LogP contribution in [0.3, 0.4) is 0 Å². The van der Waals surface area contributed by atoms with Crippen molar-refractivity contribution >= 4 is 29.0 Å². The molecule has 3 N–H and O–H groups in total. The summed E-state index contributed by atoms with van der Waals surface area (Å²) >= 11 is 1.42. The van der Waals surface area contributed by atoms with Gasteiger partial charge in [0.2, 0.25) is 11.9 Å². The number of H-pyrrole nitrogens is 1. The predicted molar refractivity (Wildman–Crippen MR) is 123 cm³/mol. The van der Waals surface area contributed by atoms with Crippen LogP contribution in [0.15, 0.2) is 34.4 Å². The summed E-state index contributed by atoms with van der Waals surface area (Å²) in [5, 5.41) is 17.3. The number of aromatic amines is 1. The number of benzene rings is 1. The second-order valence-corrected chi connectivity index (χ2v) is 8.85. The highest BCUT2D eigenvalue weighted by Crippen LogP contribution is 2.41. The van der Waals surface area contributed by atoms with Crippen molar-refractivity contribution in [2.24, 2.45) is 5.92 Å². The molecule has 3 aromatic rings. The second kappa shape index (κ2) is 8.60. The summed E-state index contributed by atoms with van der Waals surface area (Å²) in [7, 11) is 0. The Morgan fingerprint density at radius 3 is 2.82 bits per heavy atom. The number of hydrogen-bond donors (Lipinski definition) is 3. The Kier molecular flexibility index (Phi) is 5.48. The lowest BCUT2D eigenvalue weighted by Gasteiger charge is -2.28. The Hall–Kier alpha value is -3.84. The van der Waals surface area contributed by atoms with Crippen molar-refractivity contribution < 1.29 is 14.3 Å². The molecule has 2 aromatic heterocycles. The van der Waals surface area contributed by atoms with E-state index >= 15 is 0 Å². The van der Waals surface area contributed by atoms with Gasteiger partial charge in [-0.2, -0.15) is 10.2 Å². The molecule has 0 saturated heterocycles. The van der Waals surface area contributed by atoms with Crippen molar-refractivity contribution in [2.75, 3.05) is 23.8 Å². The molecule has 0 spiro atoms. The first-order chi connectivity index (χ1) is 16.0. The minimum absolute atomic E-state index is 0.175. The second-order valence-electron chi connectivity index (χ2n) is 7.90. The first-order valence-corrected chi connectivity index (χ1v) is 11.4. The van der Waals surface area contributed by atoms with E-state index in [1.807, 2.05) is 36.6 Å². The van der Waals surface area contributed by atoms with Crippen molar-refractivity contribution in [3.63, 3.8) is 0 Å². The molecule has 0 bridgehead atoms. The van der Waals surface area contributed by atoms with Gasteiger partial charge in [0, 0.05) is 17.8 Å². The van der Waals surface area contributed by atoms with E-state index in [9.17, 15) is 14.9 Å². The predicted octanol–water partition coefficient (Wildman–Crippen LogP) is 3.14. The van der Waals surface area contributed by atoms with Crippen LogP contribution in [0.2, 0.25) is 0 Å². The highest BCUT2D eigenvalue weighted by molar-refractivity contribution is 7.10. The molecule has 0 aliphatic carbocycles. The highest BCUT2D eigenvalue weighted by atomic mass is 32.1. The van der Waals surface area contributed by atoms with E-state index in [0.717, 1.165) is 22.4 Å². The number of fused-ring (bicyclic) bond motifs is 2. The average Bonchev–Trinajstić information content (AvgIpc) is 3.08. The van der Waals surface area contributed by atoms with Crippen LogP contribution < -0.4 is 25.7 Å². The lowest BCUT2D eigenvalue weighted by molar-refractivity contribution is -0.119. The van der Waals surface area contributed by atoms with Crippen LogP contribution >= 0.6 is 11.3 Å². The quantitative estimate of drug-likeness (QED) is 0.542. The van der Waals surface area contributed by atoms with Crippen molar-refractivity contribution in [3.05, 3.63) is 61.6 Å². The Labute approximate surface area is 193 Å². The first-order valence-electron chi connectivity index (χ1n) is 10.6. The van der Waals surface area contributed by atoms with Gasteiger partial charge in [-0.15, -0.1) is 11.3 Å². The van der Waals surface area contributed by atoms with Gasteiger partial charge in [-0.05, 0) is 41.6 Å². The zero-order valence-corrected chi connectivity index (χ0v) is 18.6. The van der Waals surface area contributed by atoms with Gasteiger partial charge in [0.15, 0.2) is 11.5 Å². The number of nitriles is 1. The lowest BCUT2D eigenvalue weighted by atomic mass is 9.82. The number of aromatic nitrogens is 2. The van der Waals surface area contributed by atoms with E-state index in [1.165, 1.54) is 11.3 Å². The van der Waals surface area contributed by atoms with Crippen molar-refractivity contribution in [2.45, 2.75) is 25.8 Å². The van der Waals surface area contributed by atoms with Crippen LogP contribution in [0.25, 0.3) is 0 Å². The van der Waals surface area contributed by atoms with E-state index in [2.05, 4.69) is 26.7 Å². The molecule has 2 aliphatic heterocycles. The third kappa shape index (κ3) is 3.91. The van der Waals surface area contributed by atoms with Gasteiger partial charge < -0.3 is 20.1 Å². The number of nitrogens with zero attached hydrogens (tertiary/aromatic N) is 2. The molecule has 10 heteroatoms. The lowest BCUT2D eigenvalue weighted by Crippen LogP contribution is -2.38. The topological polar surface area (TPSA) is 129 Å². The number of aryl methyl sites for hydroxylation is 1. The Morgan fingerprint density at radius 2 is 2.06 bits per heavy atom. The van der Waals surface area contributed by atoms with E-state index < -0.39 is 17.7 Å². The van der Waals surface area contributed by atoms with Gasteiger partial charge in [0.1, 0.15) is 11.7 Å². The van der Waals surface area contributed by atoms with Gasteiger partial charge in [0.05, 0.1) is 30.8 Å². The van der Waals surface area contributed by atoms with Crippen LogP contribution in [-0.2, 0) is 11.3 Å². The fourth-order valence-corrected chi connectivity index (χ4v) is 5.16. The number of carbonyl (C=O) groups is 1. The Morgan fingerprint density at radius 1 is 1.24 bits per heavy atom. The zero-order chi connectivity index (χ0) is 22.9. The molecule has 0 radical (unpaired) electrons. The van der Waals surface area contributed by atoms with Crippen LogP contribution in [0.1, 0.15) is 33.9 Å². The normalized spacial score (nSPS) is 19.1. The molecule has 0 fully saturated rings. The average molecular weight is 464 g/mol. The molecule has 9 nitrogen and oxygen atoms in total. The van der Waals surface area contributed by atoms with Crippen molar-refractivity contribution in [1.82, 2.24) is 9.97 Å². The minimum Gasteiger partial charge on any atom is -0.490 e. The van der Waals surface area contributed by atoms with Gasteiger partial charge in [-0.3, -0.25) is 14.6 Å². The van der Waals surface area contributed by atoms with Gasteiger partial charge in [-0.1, -0.05) is 6.07 Å². The standard InChI is InChI=1S/C23H21N5O4S/c1-12-5-8-33-19(12)17-14(10-24)21(29)26-20-18(17)22(30)28-23(27-20)25-11-13-3-4-15-16(9-13)32-7-2-6-31-15/h3-5,8-9,14,17H,2,6-7,11H2,1H3,(H3,25,26,27,28,29,30). The fraction of sp³-hybridized carbons (Fsp3) is 0.304. The maximum absolute atomic E-state index is 13.1. The molecule has 33 heavy (non-hydrogen) atoms. The first kappa shape index (κ1) is 21.0. The van der Waals surface area contributed by atoms with E-state index in [1.54, 1.807) is 0 Å². The molecule has 5 rings (SSSR count). The monoisotopic (exact) mass is 463 g/mol. The number of thiophene rings is 1. The van der Waals surface area contributed by atoms with Crippen molar-refractivity contribution in [3.8, 4) is 17.6 Å². The SMILES string of the molecule is Cc1ccsc1C1c2c(nc(NCc3ccc4c(c3)OCCCO4)[nH]c2=O)NC(=O)C1C#N. The number of nitrogens with one attached hydrogen (secondary N) is 3. The molecule has 1 amide bonds. The zero-order valence-electron chi connectivity index (χ0n) is 17.8. The molecule has 2 aliphatic rings. The van der Waals surface area contributed by atoms with Crippen LogP contribution in [-0.4, -0.2) is 29.1 Å². The van der Waals surface area contributed by atoms with Gasteiger partial charge in [-0.25, -0.2) is 0 Å². The van der Waals surface area contributed by atoms with Gasteiger partial charge in [0.25, 0.3) is 5.56 Å². The Bertz CT molecular complexity index is 1330. The molecule has 168 valence electrons. The summed E-state index contributed by atoms with van der Waals surface area (Å²) in [5.74, 6) is -0.333.